The Labute approximate surface area is 160 Å². The number of benzene rings is 2. The SMILES string of the molecule is CCCN(C(=O)Nc1ccccc1[N+](=O)[O-])c1nc(-c2ccccc2)cs1. The van der Waals surface area contributed by atoms with Gasteiger partial charge in [0.2, 0.25) is 0 Å². The molecule has 0 radical (unpaired) electrons. The standard InChI is InChI=1S/C19H18N4O3S/c1-2-12-22(18(24)20-15-10-6-7-11-17(15)23(25)26)19-21-16(13-27-19)14-8-4-3-5-9-14/h3-11,13H,2,12H2,1H3,(H,20,24). The van der Waals surface area contributed by atoms with Gasteiger partial charge in [0.05, 0.1) is 10.6 Å². The molecule has 0 spiro atoms. The number of carbonyl (C=O) groups excluding carboxylic acids is 1. The summed E-state index contributed by atoms with van der Waals surface area (Å²) in [7, 11) is 0. The van der Waals surface area contributed by atoms with Gasteiger partial charge in [-0.3, -0.25) is 15.0 Å². The first-order valence-corrected chi connectivity index (χ1v) is 9.31. The van der Waals surface area contributed by atoms with Gasteiger partial charge >= 0.3 is 6.03 Å². The lowest BCUT2D eigenvalue weighted by Gasteiger charge is -2.19. The van der Waals surface area contributed by atoms with E-state index < -0.39 is 11.0 Å². The lowest BCUT2D eigenvalue weighted by Crippen LogP contribution is -2.35. The number of nitro groups is 1. The smallest absolute Gasteiger partial charge is 0.302 e. The first kappa shape index (κ1) is 18.5. The topological polar surface area (TPSA) is 88.4 Å². The van der Waals surface area contributed by atoms with Crippen molar-refractivity contribution in [2.24, 2.45) is 0 Å². The number of urea groups is 1. The van der Waals surface area contributed by atoms with Crippen molar-refractivity contribution in [2.45, 2.75) is 13.3 Å². The number of hydrogen-bond donors (Lipinski definition) is 1. The van der Waals surface area contributed by atoms with Crippen LogP contribution in [-0.2, 0) is 0 Å². The maximum atomic E-state index is 12.8. The predicted molar refractivity (Wildman–Crippen MR) is 107 cm³/mol. The third-order valence-corrected chi connectivity index (χ3v) is 4.69. The Bertz CT molecular complexity index is 943. The molecule has 1 heterocycles. The minimum atomic E-state index is -0.517. The second kappa shape index (κ2) is 8.41. The molecule has 1 N–H and O–H groups in total. The summed E-state index contributed by atoms with van der Waals surface area (Å²) in [4.78, 5) is 29.5. The summed E-state index contributed by atoms with van der Waals surface area (Å²) in [5.41, 5.74) is 1.77. The molecule has 2 aromatic carbocycles. The number of nitrogens with one attached hydrogen (secondary N) is 1. The van der Waals surface area contributed by atoms with Crippen LogP contribution in [0.2, 0.25) is 0 Å². The summed E-state index contributed by atoms with van der Waals surface area (Å²) in [5.74, 6) is 0. The monoisotopic (exact) mass is 382 g/mol. The van der Waals surface area contributed by atoms with Crippen LogP contribution in [0.4, 0.5) is 21.3 Å². The van der Waals surface area contributed by atoms with Gasteiger partial charge in [0.1, 0.15) is 5.69 Å². The zero-order chi connectivity index (χ0) is 19.2. The quantitative estimate of drug-likeness (QED) is 0.471. The molecule has 0 aliphatic rings. The maximum Gasteiger partial charge on any atom is 0.328 e. The molecule has 8 heteroatoms. The lowest BCUT2D eigenvalue weighted by atomic mass is 10.2. The largest absolute Gasteiger partial charge is 0.328 e. The number of carbonyl (C=O) groups is 1. The van der Waals surface area contributed by atoms with Gasteiger partial charge in [-0.2, -0.15) is 0 Å². The van der Waals surface area contributed by atoms with Crippen molar-refractivity contribution < 1.29 is 9.72 Å². The number of nitrogens with zero attached hydrogens (tertiary/aromatic N) is 3. The second-order valence-corrected chi connectivity index (χ2v) is 6.57. The van der Waals surface area contributed by atoms with E-state index in [-0.39, 0.29) is 11.4 Å². The Balaban J connectivity index is 1.85. The van der Waals surface area contributed by atoms with Crippen molar-refractivity contribution in [3.8, 4) is 11.3 Å². The van der Waals surface area contributed by atoms with Gasteiger partial charge in [-0.25, -0.2) is 9.78 Å². The average Bonchev–Trinajstić information content (AvgIpc) is 3.16. The van der Waals surface area contributed by atoms with Crippen LogP contribution >= 0.6 is 11.3 Å². The second-order valence-electron chi connectivity index (χ2n) is 5.74. The first-order chi connectivity index (χ1) is 13.1. The Kier molecular flexibility index (Phi) is 5.77. The third kappa shape index (κ3) is 4.29. The van der Waals surface area contributed by atoms with Gasteiger partial charge in [0.15, 0.2) is 5.13 Å². The molecule has 138 valence electrons. The predicted octanol–water partition coefficient (Wildman–Crippen LogP) is 5.17. The van der Waals surface area contributed by atoms with E-state index in [0.717, 1.165) is 17.7 Å². The molecule has 27 heavy (non-hydrogen) atoms. The molecule has 2 amide bonds. The first-order valence-electron chi connectivity index (χ1n) is 8.43. The zero-order valence-electron chi connectivity index (χ0n) is 14.7. The molecule has 0 saturated carbocycles. The number of nitro benzene ring substituents is 1. The fourth-order valence-electron chi connectivity index (χ4n) is 2.56. The normalized spacial score (nSPS) is 10.4. The summed E-state index contributed by atoms with van der Waals surface area (Å²) < 4.78 is 0. The Morgan fingerprint density at radius 3 is 2.59 bits per heavy atom. The van der Waals surface area contributed by atoms with E-state index in [0.29, 0.717) is 11.7 Å². The molecule has 0 fully saturated rings. The van der Waals surface area contributed by atoms with Gasteiger partial charge in [-0.15, -0.1) is 11.3 Å². The van der Waals surface area contributed by atoms with Crippen molar-refractivity contribution >= 4 is 33.9 Å². The lowest BCUT2D eigenvalue weighted by molar-refractivity contribution is -0.383. The molecular formula is C19H18N4O3S. The summed E-state index contributed by atoms with van der Waals surface area (Å²) in [6, 6.07) is 15.3. The van der Waals surface area contributed by atoms with E-state index in [2.05, 4.69) is 10.3 Å². The molecule has 3 rings (SSSR count). The van der Waals surface area contributed by atoms with Crippen LogP contribution in [0, 0.1) is 10.1 Å². The van der Waals surface area contributed by atoms with E-state index in [1.54, 1.807) is 12.1 Å². The summed E-state index contributed by atoms with van der Waals surface area (Å²) in [5, 5.41) is 16.2. The molecule has 1 aromatic heterocycles. The van der Waals surface area contributed by atoms with Crippen LogP contribution in [0.25, 0.3) is 11.3 Å². The Hall–Kier alpha value is -3.26. The van der Waals surface area contributed by atoms with Crippen LogP contribution in [0.5, 0.6) is 0 Å². The number of rotatable bonds is 6. The molecular weight excluding hydrogens is 364 g/mol. The van der Waals surface area contributed by atoms with Crippen LogP contribution in [0.15, 0.2) is 60.0 Å². The molecule has 0 bridgehead atoms. The van der Waals surface area contributed by atoms with Crippen molar-refractivity contribution in [2.75, 3.05) is 16.8 Å². The van der Waals surface area contributed by atoms with Gasteiger partial charge < -0.3 is 5.32 Å². The third-order valence-electron chi connectivity index (χ3n) is 3.83. The van der Waals surface area contributed by atoms with E-state index >= 15 is 0 Å². The van der Waals surface area contributed by atoms with Crippen molar-refractivity contribution in [1.29, 1.82) is 0 Å². The van der Waals surface area contributed by atoms with Gasteiger partial charge in [-0.1, -0.05) is 49.4 Å². The number of anilines is 2. The molecule has 3 aromatic rings. The summed E-state index contributed by atoms with van der Waals surface area (Å²) in [6.07, 6.45) is 0.727. The van der Waals surface area contributed by atoms with Gasteiger partial charge in [0, 0.05) is 23.6 Å². The van der Waals surface area contributed by atoms with Crippen molar-refractivity contribution in [3.63, 3.8) is 0 Å². The summed E-state index contributed by atoms with van der Waals surface area (Å²) >= 11 is 1.36. The highest BCUT2D eigenvalue weighted by molar-refractivity contribution is 7.14. The fraction of sp³-hybridized carbons (Fsp3) is 0.158. The Morgan fingerprint density at radius 2 is 1.89 bits per heavy atom. The molecule has 7 nitrogen and oxygen atoms in total. The number of hydrogen-bond acceptors (Lipinski definition) is 5. The molecule has 0 aliphatic heterocycles. The van der Waals surface area contributed by atoms with Crippen LogP contribution in [0.3, 0.4) is 0 Å². The van der Waals surface area contributed by atoms with E-state index in [4.69, 9.17) is 0 Å². The van der Waals surface area contributed by atoms with Gasteiger partial charge in [0.25, 0.3) is 5.69 Å². The van der Waals surface area contributed by atoms with Crippen molar-refractivity contribution in [3.05, 3.63) is 70.1 Å². The number of thiazole rings is 1. The minimum absolute atomic E-state index is 0.147. The van der Waals surface area contributed by atoms with E-state index in [1.165, 1.54) is 28.4 Å². The molecule has 0 atom stereocenters. The highest BCUT2D eigenvalue weighted by Gasteiger charge is 2.22. The van der Waals surface area contributed by atoms with Gasteiger partial charge in [-0.05, 0) is 12.5 Å². The van der Waals surface area contributed by atoms with Crippen LogP contribution in [-0.4, -0.2) is 22.5 Å². The van der Waals surface area contributed by atoms with Crippen LogP contribution in [0.1, 0.15) is 13.3 Å². The molecule has 0 aliphatic carbocycles. The van der Waals surface area contributed by atoms with Crippen molar-refractivity contribution in [1.82, 2.24) is 4.98 Å². The Morgan fingerprint density at radius 1 is 1.19 bits per heavy atom. The minimum Gasteiger partial charge on any atom is -0.302 e. The summed E-state index contributed by atoms with van der Waals surface area (Å²) in [6.45, 7) is 2.41. The highest BCUT2D eigenvalue weighted by atomic mass is 32.1. The molecule has 0 unspecified atom stereocenters. The zero-order valence-corrected chi connectivity index (χ0v) is 15.5. The molecule has 0 saturated heterocycles. The maximum absolute atomic E-state index is 12.8. The van der Waals surface area contributed by atoms with E-state index in [1.807, 2.05) is 42.6 Å². The average molecular weight is 382 g/mol. The van der Waals surface area contributed by atoms with E-state index in [9.17, 15) is 14.9 Å². The number of amides is 2. The fourth-order valence-corrected chi connectivity index (χ4v) is 3.42. The highest BCUT2D eigenvalue weighted by Crippen LogP contribution is 2.29. The number of aromatic nitrogens is 1. The van der Waals surface area contributed by atoms with Crippen LogP contribution < -0.4 is 10.2 Å². The number of para-hydroxylation sites is 2.